The van der Waals surface area contributed by atoms with Gasteiger partial charge in [-0.05, 0) is 64.7 Å². The lowest BCUT2D eigenvalue weighted by molar-refractivity contribution is -0.144. The van der Waals surface area contributed by atoms with Gasteiger partial charge < -0.3 is 15.0 Å². The summed E-state index contributed by atoms with van der Waals surface area (Å²) < 4.78 is 5.03. The molecule has 0 saturated carbocycles. The Hall–Kier alpha value is -0.610. The van der Waals surface area contributed by atoms with Crippen LogP contribution in [0.4, 0.5) is 0 Å². The number of nitrogens with one attached hydrogen (secondary N) is 1. The molecule has 0 unspecified atom stereocenters. The number of likely N-dealkylation sites (tertiary alicyclic amines) is 1. The van der Waals surface area contributed by atoms with Gasteiger partial charge in [-0.3, -0.25) is 4.79 Å². The number of hydrogen-bond donors (Lipinski definition) is 1. The molecule has 0 atom stereocenters. The van der Waals surface area contributed by atoms with E-state index in [0.717, 1.165) is 45.1 Å². The first kappa shape index (κ1) is 13.8. The molecule has 0 aromatic rings. The molecular formula is C14H26N2O2. The molecule has 0 bridgehead atoms. The third-order valence-electron chi connectivity index (χ3n) is 4.23. The lowest BCUT2D eigenvalue weighted by Crippen LogP contribution is -2.46. The van der Waals surface area contributed by atoms with Crippen molar-refractivity contribution in [2.45, 2.75) is 45.1 Å². The topological polar surface area (TPSA) is 41.6 Å². The minimum absolute atomic E-state index is 0.0159. The van der Waals surface area contributed by atoms with Crippen molar-refractivity contribution in [3.05, 3.63) is 0 Å². The van der Waals surface area contributed by atoms with Crippen molar-refractivity contribution in [1.29, 1.82) is 0 Å². The fraction of sp³-hybridized carbons (Fsp3) is 0.929. The van der Waals surface area contributed by atoms with Crippen molar-refractivity contribution in [2.24, 2.45) is 5.92 Å². The van der Waals surface area contributed by atoms with Crippen molar-refractivity contribution in [1.82, 2.24) is 10.2 Å². The molecule has 2 fully saturated rings. The number of nitrogens with zero attached hydrogens (tertiary/aromatic N) is 1. The Kier molecular flexibility index (Phi) is 5.45. The monoisotopic (exact) mass is 254 g/mol. The van der Waals surface area contributed by atoms with Gasteiger partial charge in [0.1, 0.15) is 0 Å². The second-order valence-electron chi connectivity index (χ2n) is 5.47. The predicted octanol–water partition coefficient (Wildman–Crippen LogP) is 1.40. The van der Waals surface area contributed by atoms with Gasteiger partial charge in [0, 0.05) is 12.5 Å². The summed E-state index contributed by atoms with van der Waals surface area (Å²) in [4.78, 5) is 14.1. The van der Waals surface area contributed by atoms with Gasteiger partial charge in [-0.1, -0.05) is 0 Å². The maximum atomic E-state index is 11.5. The minimum Gasteiger partial charge on any atom is -0.466 e. The Morgan fingerprint density at radius 3 is 2.50 bits per heavy atom. The van der Waals surface area contributed by atoms with Crippen molar-refractivity contribution in [3.8, 4) is 0 Å². The molecule has 2 heterocycles. The SMILES string of the molecule is CCOC(=O)CC1CCN(C2CCNCC2)CC1. The zero-order valence-corrected chi connectivity index (χ0v) is 11.5. The molecule has 2 rings (SSSR count). The van der Waals surface area contributed by atoms with Crippen LogP contribution in [0.3, 0.4) is 0 Å². The fourth-order valence-electron chi connectivity index (χ4n) is 3.15. The van der Waals surface area contributed by atoms with Gasteiger partial charge in [-0.15, -0.1) is 0 Å². The number of rotatable bonds is 4. The number of esters is 1. The van der Waals surface area contributed by atoms with Gasteiger partial charge in [0.05, 0.1) is 6.61 Å². The van der Waals surface area contributed by atoms with Gasteiger partial charge >= 0.3 is 5.97 Å². The first-order chi connectivity index (χ1) is 8.79. The highest BCUT2D eigenvalue weighted by Crippen LogP contribution is 2.24. The van der Waals surface area contributed by atoms with Crippen LogP contribution in [0.15, 0.2) is 0 Å². The summed E-state index contributed by atoms with van der Waals surface area (Å²) >= 11 is 0. The third-order valence-corrected chi connectivity index (χ3v) is 4.23. The van der Waals surface area contributed by atoms with Crippen LogP contribution in [-0.4, -0.2) is 49.7 Å². The van der Waals surface area contributed by atoms with Gasteiger partial charge in [-0.2, -0.15) is 0 Å². The number of piperidine rings is 2. The zero-order valence-electron chi connectivity index (χ0n) is 11.5. The molecule has 0 aromatic carbocycles. The highest BCUT2D eigenvalue weighted by molar-refractivity contribution is 5.69. The van der Waals surface area contributed by atoms with Crippen molar-refractivity contribution >= 4 is 5.97 Å². The summed E-state index contributed by atoms with van der Waals surface area (Å²) in [7, 11) is 0. The molecule has 1 N–H and O–H groups in total. The molecule has 104 valence electrons. The lowest BCUT2D eigenvalue weighted by Gasteiger charge is -2.39. The molecule has 2 saturated heterocycles. The van der Waals surface area contributed by atoms with E-state index < -0.39 is 0 Å². The van der Waals surface area contributed by atoms with E-state index in [1.54, 1.807) is 0 Å². The molecule has 2 aliphatic heterocycles. The van der Waals surface area contributed by atoms with Crippen LogP contribution in [0.5, 0.6) is 0 Å². The van der Waals surface area contributed by atoms with Gasteiger partial charge in [-0.25, -0.2) is 0 Å². The first-order valence-electron chi connectivity index (χ1n) is 7.40. The second-order valence-corrected chi connectivity index (χ2v) is 5.47. The van der Waals surface area contributed by atoms with Crippen LogP contribution >= 0.6 is 0 Å². The summed E-state index contributed by atoms with van der Waals surface area (Å²) in [5, 5.41) is 3.41. The van der Waals surface area contributed by atoms with Crippen molar-refractivity contribution in [2.75, 3.05) is 32.8 Å². The first-order valence-corrected chi connectivity index (χ1v) is 7.40. The maximum absolute atomic E-state index is 11.5. The van der Waals surface area contributed by atoms with Gasteiger partial charge in [0.2, 0.25) is 0 Å². The molecule has 0 aromatic heterocycles. The van der Waals surface area contributed by atoms with Gasteiger partial charge in [0.25, 0.3) is 0 Å². The Morgan fingerprint density at radius 2 is 1.89 bits per heavy atom. The predicted molar refractivity (Wildman–Crippen MR) is 71.4 cm³/mol. The molecule has 0 spiro atoms. The average Bonchev–Trinajstić information content (AvgIpc) is 2.41. The number of carbonyl (C=O) groups excluding carboxylic acids is 1. The molecule has 2 aliphatic rings. The second kappa shape index (κ2) is 7.10. The number of ether oxygens (including phenoxy) is 1. The van der Waals surface area contributed by atoms with E-state index in [1.807, 2.05) is 6.92 Å². The summed E-state index contributed by atoms with van der Waals surface area (Å²) in [6.45, 7) is 7.02. The summed E-state index contributed by atoms with van der Waals surface area (Å²) in [6.07, 6.45) is 5.49. The van der Waals surface area contributed by atoms with E-state index in [4.69, 9.17) is 4.74 Å². The summed E-state index contributed by atoms with van der Waals surface area (Å²) in [5.74, 6) is 0.528. The highest BCUT2D eigenvalue weighted by Gasteiger charge is 2.27. The Balaban J connectivity index is 1.69. The zero-order chi connectivity index (χ0) is 12.8. The molecule has 4 heteroatoms. The van der Waals surface area contributed by atoms with Crippen molar-refractivity contribution < 1.29 is 9.53 Å². The van der Waals surface area contributed by atoms with E-state index >= 15 is 0 Å². The molecule has 0 radical (unpaired) electrons. The van der Waals surface area contributed by atoms with Crippen LogP contribution in [-0.2, 0) is 9.53 Å². The quantitative estimate of drug-likeness (QED) is 0.770. The van der Waals surface area contributed by atoms with Crippen LogP contribution in [0, 0.1) is 5.92 Å². The lowest BCUT2D eigenvalue weighted by atomic mass is 9.91. The van der Waals surface area contributed by atoms with E-state index in [1.165, 1.54) is 12.8 Å². The largest absolute Gasteiger partial charge is 0.466 e. The highest BCUT2D eigenvalue weighted by atomic mass is 16.5. The van der Waals surface area contributed by atoms with E-state index in [0.29, 0.717) is 18.9 Å². The number of carbonyl (C=O) groups is 1. The van der Waals surface area contributed by atoms with Crippen molar-refractivity contribution in [3.63, 3.8) is 0 Å². The fourth-order valence-corrected chi connectivity index (χ4v) is 3.15. The molecule has 18 heavy (non-hydrogen) atoms. The molecule has 4 nitrogen and oxygen atoms in total. The van der Waals surface area contributed by atoms with E-state index in [-0.39, 0.29) is 5.97 Å². The smallest absolute Gasteiger partial charge is 0.306 e. The third kappa shape index (κ3) is 3.95. The minimum atomic E-state index is -0.0159. The van der Waals surface area contributed by atoms with Crippen LogP contribution in [0.1, 0.15) is 39.0 Å². The van der Waals surface area contributed by atoms with Crippen LogP contribution in [0.2, 0.25) is 0 Å². The van der Waals surface area contributed by atoms with Crippen LogP contribution in [0.25, 0.3) is 0 Å². The van der Waals surface area contributed by atoms with E-state index in [2.05, 4.69) is 10.2 Å². The normalized spacial score (nSPS) is 24.1. The Labute approximate surface area is 110 Å². The molecule has 0 aliphatic carbocycles. The molecule has 0 amide bonds. The average molecular weight is 254 g/mol. The van der Waals surface area contributed by atoms with Crippen LogP contribution < -0.4 is 5.32 Å². The summed E-state index contributed by atoms with van der Waals surface area (Å²) in [6, 6.07) is 0.773. The molecular weight excluding hydrogens is 228 g/mol. The van der Waals surface area contributed by atoms with E-state index in [9.17, 15) is 4.79 Å². The summed E-state index contributed by atoms with van der Waals surface area (Å²) in [5.41, 5.74) is 0. The maximum Gasteiger partial charge on any atom is 0.306 e. The van der Waals surface area contributed by atoms with Gasteiger partial charge in [0.15, 0.2) is 0 Å². The standard InChI is InChI=1S/C14H26N2O2/c1-2-18-14(17)11-12-5-9-16(10-6-12)13-3-7-15-8-4-13/h12-13,15H,2-11H2,1H3. The number of hydrogen-bond acceptors (Lipinski definition) is 4. The Morgan fingerprint density at radius 1 is 1.22 bits per heavy atom. The Bertz CT molecular complexity index is 257.